The summed E-state index contributed by atoms with van der Waals surface area (Å²) in [6, 6.07) is 6.11. The van der Waals surface area contributed by atoms with E-state index in [1.807, 2.05) is 24.0 Å². The van der Waals surface area contributed by atoms with Gasteiger partial charge in [0, 0.05) is 51.4 Å². The van der Waals surface area contributed by atoms with Crippen LogP contribution in [0.2, 0.25) is 0 Å². The van der Waals surface area contributed by atoms with Crippen molar-refractivity contribution < 1.29 is 18.8 Å². The van der Waals surface area contributed by atoms with Crippen LogP contribution >= 0.6 is 11.9 Å². The summed E-state index contributed by atoms with van der Waals surface area (Å²) in [6.45, 7) is 3.85. The van der Waals surface area contributed by atoms with Gasteiger partial charge in [0.05, 0.1) is 12.8 Å². The highest BCUT2D eigenvalue weighted by Crippen LogP contribution is 2.33. The molecule has 2 aromatic heterocycles. The summed E-state index contributed by atoms with van der Waals surface area (Å²) >= 11 is 1.69. The summed E-state index contributed by atoms with van der Waals surface area (Å²) in [5.41, 5.74) is 2.27. The molecule has 1 aromatic carbocycles. The normalized spacial score (nSPS) is 18.2. The minimum Gasteiger partial charge on any atom is -0.494 e. The summed E-state index contributed by atoms with van der Waals surface area (Å²) < 4.78 is 23.0. The zero-order valence-corrected chi connectivity index (χ0v) is 22.4. The van der Waals surface area contributed by atoms with Crippen LogP contribution in [0.25, 0.3) is 0 Å². The van der Waals surface area contributed by atoms with E-state index in [1.54, 1.807) is 37.1 Å². The van der Waals surface area contributed by atoms with Crippen molar-refractivity contribution in [3.63, 3.8) is 0 Å². The van der Waals surface area contributed by atoms with Crippen molar-refractivity contribution in [2.45, 2.75) is 44.0 Å². The van der Waals surface area contributed by atoms with E-state index in [4.69, 9.17) is 9.57 Å². The number of nitrogens with zero attached hydrogens (tertiary/aromatic N) is 6. The van der Waals surface area contributed by atoms with Gasteiger partial charge in [0.1, 0.15) is 23.3 Å². The third-order valence-electron chi connectivity index (χ3n) is 6.74. The maximum absolute atomic E-state index is 13.7. The van der Waals surface area contributed by atoms with Gasteiger partial charge in [-0.2, -0.15) is 0 Å². The third kappa shape index (κ3) is 5.97. The molecule has 1 atom stereocenters. The number of halogens is 1. The third-order valence-corrected chi connectivity index (χ3v) is 7.92. The number of methoxy groups -OCH3 is 1. The van der Waals surface area contributed by atoms with Gasteiger partial charge in [-0.05, 0) is 55.5 Å². The number of nitrogens with one attached hydrogen (secondary N) is 1. The topological polar surface area (TPSA) is 107 Å². The Morgan fingerprint density at radius 3 is 2.82 bits per heavy atom. The summed E-state index contributed by atoms with van der Waals surface area (Å²) in [7, 11) is 3.40. The summed E-state index contributed by atoms with van der Waals surface area (Å²) in [4.78, 5) is 31.9. The number of benzene rings is 1. The molecule has 1 N–H and O–H groups in total. The Labute approximate surface area is 224 Å². The first kappa shape index (κ1) is 26.1. The first-order valence-electron chi connectivity index (χ1n) is 12.5. The Kier molecular flexibility index (Phi) is 7.89. The fraction of sp³-hybridized carbons (Fsp3) is 0.423. The number of aromatic nitrogens is 4. The minimum atomic E-state index is -0.453. The van der Waals surface area contributed by atoms with Gasteiger partial charge in [0.2, 0.25) is 0 Å². The molecule has 0 bridgehead atoms. The largest absolute Gasteiger partial charge is 0.494 e. The monoisotopic (exact) mass is 539 g/mol. The molecule has 0 aliphatic carbocycles. The maximum atomic E-state index is 13.7. The van der Waals surface area contributed by atoms with Crippen LogP contribution < -0.4 is 10.1 Å². The van der Waals surface area contributed by atoms with Crippen molar-refractivity contribution in [1.82, 2.24) is 29.1 Å². The van der Waals surface area contributed by atoms with Gasteiger partial charge in [-0.3, -0.25) is 4.79 Å². The lowest BCUT2D eigenvalue weighted by Crippen LogP contribution is -2.34. The number of imidazole rings is 1. The molecular weight excluding hydrogens is 509 g/mol. The van der Waals surface area contributed by atoms with Gasteiger partial charge < -0.3 is 19.5 Å². The molecule has 12 heteroatoms. The van der Waals surface area contributed by atoms with Crippen molar-refractivity contribution in [2.24, 2.45) is 18.1 Å². The van der Waals surface area contributed by atoms with Crippen LogP contribution in [0.4, 0.5) is 4.39 Å². The van der Waals surface area contributed by atoms with Crippen LogP contribution in [-0.4, -0.2) is 61.7 Å². The fourth-order valence-electron chi connectivity index (χ4n) is 4.61. The van der Waals surface area contributed by atoms with Gasteiger partial charge in [0.25, 0.3) is 5.91 Å². The number of hydrogen-bond acceptors (Lipinski definition) is 9. The van der Waals surface area contributed by atoms with E-state index < -0.39 is 5.82 Å². The van der Waals surface area contributed by atoms with Crippen molar-refractivity contribution in [3.8, 4) is 5.75 Å². The lowest BCUT2D eigenvalue weighted by molar-refractivity contribution is 0.0233. The predicted octanol–water partition coefficient (Wildman–Crippen LogP) is 3.51. The molecule has 4 heterocycles. The molecule has 2 aliphatic rings. The molecule has 1 amide bonds. The first-order chi connectivity index (χ1) is 18.4. The number of oxime groups is 1. The standard InChI is InChI=1S/C26H30FN7O3S/c1-16-30-20(13-22(31-16)25(35)29-15-17-4-5-19(27)24(12-17)36-3)21-14-23(37-32-21)18-6-9-34(10-7-18)38-26-28-8-11-33(26)2/h4-5,8,11-13,18,23H,6-7,9-10,14-15H2,1-3H3,(H,29,35). The lowest BCUT2D eigenvalue weighted by Gasteiger charge is -2.32. The molecule has 0 spiro atoms. The first-order valence-corrected chi connectivity index (χ1v) is 13.3. The van der Waals surface area contributed by atoms with E-state index >= 15 is 0 Å². The van der Waals surface area contributed by atoms with Crippen LogP contribution in [0.5, 0.6) is 5.75 Å². The quantitative estimate of drug-likeness (QED) is 0.434. The lowest BCUT2D eigenvalue weighted by atomic mass is 9.89. The van der Waals surface area contributed by atoms with Gasteiger partial charge >= 0.3 is 0 Å². The zero-order chi connectivity index (χ0) is 26.6. The molecular formula is C26H30FN7O3S. The summed E-state index contributed by atoms with van der Waals surface area (Å²) in [6.07, 6.45) is 6.42. The average molecular weight is 540 g/mol. The van der Waals surface area contributed by atoms with Gasteiger partial charge in [-0.25, -0.2) is 23.6 Å². The molecule has 2 aliphatic heterocycles. The number of amides is 1. The highest BCUT2D eigenvalue weighted by Gasteiger charge is 2.34. The number of ether oxygens (including phenoxy) is 1. The van der Waals surface area contributed by atoms with Gasteiger partial charge in [-0.1, -0.05) is 11.2 Å². The highest BCUT2D eigenvalue weighted by molar-refractivity contribution is 7.96. The molecule has 0 radical (unpaired) electrons. The zero-order valence-electron chi connectivity index (χ0n) is 21.6. The Balaban J connectivity index is 1.16. The average Bonchev–Trinajstić information content (AvgIpc) is 3.58. The van der Waals surface area contributed by atoms with E-state index in [0.717, 1.165) is 36.8 Å². The molecule has 200 valence electrons. The molecule has 1 saturated heterocycles. The predicted molar refractivity (Wildman–Crippen MR) is 140 cm³/mol. The molecule has 3 aromatic rings. The summed E-state index contributed by atoms with van der Waals surface area (Å²) in [5.74, 6) is 0.192. The minimum absolute atomic E-state index is 0.00804. The van der Waals surface area contributed by atoms with E-state index in [2.05, 4.69) is 29.7 Å². The van der Waals surface area contributed by atoms with E-state index in [0.29, 0.717) is 29.4 Å². The maximum Gasteiger partial charge on any atom is 0.270 e. The number of hydrogen-bond donors (Lipinski definition) is 1. The molecule has 0 saturated carbocycles. The van der Waals surface area contributed by atoms with Crippen molar-refractivity contribution in [2.75, 3.05) is 20.2 Å². The number of piperidine rings is 1. The van der Waals surface area contributed by atoms with Crippen molar-refractivity contribution >= 4 is 23.6 Å². The van der Waals surface area contributed by atoms with Crippen molar-refractivity contribution in [1.29, 1.82) is 0 Å². The second-order valence-electron chi connectivity index (χ2n) is 9.40. The summed E-state index contributed by atoms with van der Waals surface area (Å²) in [5, 5.41) is 8.14. The number of aryl methyl sites for hydroxylation is 2. The number of rotatable bonds is 8. The molecule has 1 unspecified atom stereocenters. The van der Waals surface area contributed by atoms with E-state index in [1.165, 1.54) is 13.2 Å². The molecule has 38 heavy (non-hydrogen) atoms. The van der Waals surface area contributed by atoms with Gasteiger partial charge in [-0.15, -0.1) is 0 Å². The second-order valence-corrected chi connectivity index (χ2v) is 10.5. The molecule has 10 nitrogen and oxygen atoms in total. The fourth-order valence-corrected chi connectivity index (χ4v) is 5.54. The van der Waals surface area contributed by atoms with Gasteiger partial charge in [0.15, 0.2) is 16.7 Å². The molecule has 1 fully saturated rings. The van der Waals surface area contributed by atoms with Crippen LogP contribution in [-0.2, 0) is 18.4 Å². The highest BCUT2D eigenvalue weighted by atomic mass is 32.2. The van der Waals surface area contributed by atoms with E-state index in [9.17, 15) is 9.18 Å². The Morgan fingerprint density at radius 2 is 2.08 bits per heavy atom. The number of carbonyl (C=O) groups is 1. The van der Waals surface area contributed by atoms with Crippen LogP contribution in [0.1, 0.15) is 46.8 Å². The molecule has 5 rings (SSSR count). The van der Waals surface area contributed by atoms with Crippen LogP contribution in [0, 0.1) is 18.7 Å². The van der Waals surface area contributed by atoms with Crippen LogP contribution in [0.15, 0.2) is 47.0 Å². The smallest absolute Gasteiger partial charge is 0.270 e. The Bertz CT molecular complexity index is 1340. The van der Waals surface area contributed by atoms with Crippen LogP contribution in [0.3, 0.4) is 0 Å². The SMILES string of the molecule is COc1cc(CNC(=O)c2cc(C3=NOC(C4CCN(Sc5nccn5C)CC4)C3)nc(C)n2)ccc1F. The Hall–Kier alpha value is -3.51. The second kappa shape index (κ2) is 11.5. The number of carbonyl (C=O) groups excluding carboxylic acids is 1. The Morgan fingerprint density at radius 1 is 1.26 bits per heavy atom. The van der Waals surface area contributed by atoms with Crippen molar-refractivity contribution in [3.05, 3.63) is 65.3 Å². The van der Waals surface area contributed by atoms with E-state index in [-0.39, 0.29) is 30.0 Å².